The van der Waals surface area contributed by atoms with E-state index < -0.39 is 10.0 Å². The second-order valence-corrected chi connectivity index (χ2v) is 8.52. The van der Waals surface area contributed by atoms with Gasteiger partial charge in [0.15, 0.2) is 0 Å². The van der Waals surface area contributed by atoms with Gasteiger partial charge in [-0.2, -0.15) is 0 Å². The smallest absolute Gasteiger partial charge is 0.224 e. The number of sulfonamides is 1. The zero-order valence-corrected chi connectivity index (χ0v) is 16.9. The standard InChI is InChI=1S/C21H28N2O3S/c1-3-22(18-20-12-8-5-9-13-20)21(24)15-17-23(27(2,25)26)16-14-19-10-6-4-7-11-19/h4-13H,3,14-18H2,1-2H3. The van der Waals surface area contributed by atoms with E-state index in [1.165, 1.54) is 10.6 Å². The lowest BCUT2D eigenvalue weighted by Crippen LogP contribution is -2.37. The number of rotatable bonds is 10. The first-order chi connectivity index (χ1) is 12.9. The van der Waals surface area contributed by atoms with E-state index in [4.69, 9.17) is 0 Å². The number of carbonyl (C=O) groups is 1. The van der Waals surface area contributed by atoms with Crippen LogP contribution in [0.25, 0.3) is 0 Å². The number of hydrogen-bond acceptors (Lipinski definition) is 3. The molecule has 27 heavy (non-hydrogen) atoms. The van der Waals surface area contributed by atoms with Crippen LogP contribution in [0.15, 0.2) is 60.7 Å². The quantitative estimate of drug-likeness (QED) is 0.629. The molecule has 2 aromatic rings. The summed E-state index contributed by atoms with van der Waals surface area (Å²) < 4.78 is 25.6. The third-order valence-corrected chi connectivity index (χ3v) is 5.79. The first-order valence-electron chi connectivity index (χ1n) is 9.21. The van der Waals surface area contributed by atoms with Crippen molar-refractivity contribution < 1.29 is 13.2 Å². The van der Waals surface area contributed by atoms with Gasteiger partial charge in [0.1, 0.15) is 0 Å². The van der Waals surface area contributed by atoms with Crippen LogP contribution in [0.3, 0.4) is 0 Å². The Morgan fingerprint density at radius 1 is 0.889 bits per heavy atom. The Labute approximate surface area is 162 Å². The van der Waals surface area contributed by atoms with Crippen LogP contribution in [0.1, 0.15) is 24.5 Å². The van der Waals surface area contributed by atoms with Crippen molar-refractivity contribution in [1.29, 1.82) is 0 Å². The van der Waals surface area contributed by atoms with Crippen molar-refractivity contribution in [3.63, 3.8) is 0 Å². The van der Waals surface area contributed by atoms with Gasteiger partial charge in [0.2, 0.25) is 15.9 Å². The van der Waals surface area contributed by atoms with Gasteiger partial charge in [-0.15, -0.1) is 0 Å². The number of carbonyl (C=O) groups excluding carboxylic acids is 1. The van der Waals surface area contributed by atoms with Crippen LogP contribution in [-0.2, 0) is 27.8 Å². The van der Waals surface area contributed by atoms with Crippen LogP contribution in [0.2, 0.25) is 0 Å². The molecular weight excluding hydrogens is 360 g/mol. The fraction of sp³-hybridized carbons (Fsp3) is 0.381. The number of nitrogens with zero attached hydrogens (tertiary/aromatic N) is 2. The van der Waals surface area contributed by atoms with Gasteiger partial charge in [0.05, 0.1) is 6.26 Å². The zero-order chi connectivity index (χ0) is 19.7. The molecule has 0 bridgehead atoms. The van der Waals surface area contributed by atoms with Crippen molar-refractivity contribution in [2.75, 3.05) is 25.9 Å². The highest BCUT2D eigenvalue weighted by Gasteiger charge is 2.20. The molecule has 0 unspecified atom stereocenters. The average Bonchev–Trinajstić information content (AvgIpc) is 2.66. The van der Waals surface area contributed by atoms with E-state index in [9.17, 15) is 13.2 Å². The maximum atomic E-state index is 12.6. The Morgan fingerprint density at radius 2 is 1.44 bits per heavy atom. The second kappa shape index (κ2) is 10.2. The molecule has 0 heterocycles. The minimum absolute atomic E-state index is 0.0327. The molecule has 0 saturated heterocycles. The SMILES string of the molecule is CCN(Cc1ccccc1)C(=O)CCN(CCc1ccccc1)S(C)(=O)=O. The summed E-state index contributed by atoms with van der Waals surface area (Å²) in [6, 6.07) is 19.6. The summed E-state index contributed by atoms with van der Waals surface area (Å²) in [5, 5.41) is 0. The zero-order valence-electron chi connectivity index (χ0n) is 16.0. The summed E-state index contributed by atoms with van der Waals surface area (Å²) in [7, 11) is -3.36. The van der Waals surface area contributed by atoms with Gasteiger partial charge in [-0.25, -0.2) is 12.7 Å². The highest BCUT2D eigenvalue weighted by molar-refractivity contribution is 7.88. The van der Waals surface area contributed by atoms with Gasteiger partial charge >= 0.3 is 0 Å². The van der Waals surface area contributed by atoms with Crippen molar-refractivity contribution in [3.05, 3.63) is 71.8 Å². The highest BCUT2D eigenvalue weighted by Crippen LogP contribution is 2.09. The molecule has 0 aliphatic rings. The van der Waals surface area contributed by atoms with E-state index in [0.717, 1.165) is 11.1 Å². The minimum atomic E-state index is -3.36. The summed E-state index contributed by atoms with van der Waals surface area (Å²) in [6.07, 6.45) is 2.01. The van der Waals surface area contributed by atoms with Crippen molar-refractivity contribution in [3.8, 4) is 0 Å². The summed E-state index contributed by atoms with van der Waals surface area (Å²) in [5.74, 6) is -0.0327. The highest BCUT2D eigenvalue weighted by atomic mass is 32.2. The molecule has 0 aliphatic heterocycles. The molecule has 5 nitrogen and oxygen atoms in total. The largest absolute Gasteiger partial charge is 0.339 e. The van der Waals surface area contributed by atoms with Gasteiger partial charge in [0.25, 0.3) is 0 Å². The summed E-state index contributed by atoms with van der Waals surface area (Å²) >= 11 is 0. The number of amides is 1. The van der Waals surface area contributed by atoms with Crippen molar-refractivity contribution in [1.82, 2.24) is 9.21 Å². The van der Waals surface area contributed by atoms with Crippen LogP contribution in [0.5, 0.6) is 0 Å². The van der Waals surface area contributed by atoms with Crippen molar-refractivity contribution >= 4 is 15.9 Å². The normalized spacial score (nSPS) is 11.5. The Morgan fingerprint density at radius 3 is 1.96 bits per heavy atom. The molecule has 0 fully saturated rings. The maximum absolute atomic E-state index is 12.6. The fourth-order valence-corrected chi connectivity index (χ4v) is 3.75. The third-order valence-electron chi connectivity index (χ3n) is 4.49. The molecule has 6 heteroatoms. The molecule has 0 atom stereocenters. The molecule has 1 amide bonds. The Hall–Kier alpha value is -2.18. The number of benzene rings is 2. The van der Waals surface area contributed by atoms with E-state index >= 15 is 0 Å². The number of hydrogen-bond donors (Lipinski definition) is 0. The van der Waals surface area contributed by atoms with Crippen LogP contribution in [0.4, 0.5) is 0 Å². The van der Waals surface area contributed by atoms with Crippen LogP contribution in [0, 0.1) is 0 Å². The van der Waals surface area contributed by atoms with E-state index in [2.05, 4.69) is 0 Å². The average molecular weight is 389 g/mol. The third kappa shape index (κ3) is 7.15. The van der Waals surface area contributed by atoms with Gasteiger partial charge < -0.3 is 4.90 Å². The summed E-state index contributed by atoms with van der Waals surface area (Å²) in [6.45, 7) is 3.65. The maximum Gasteiger partial charge on any atom is 0.224 e. The van der Waals surface area contributed by atoms with Crippen molar-refractivity contribution in [2.45, 2.75) is 26.3 Å². The molecule has 0 saturated carbocycles. The van der Waals surface area contributed by atoms with Crippen LogP contribution >= 0.6 is 0 Å². The predicted octanol–water partition coefficient (Wildman–Crippen LogP) is 2.93. The summed E-state index contributed by atoms with van der Waals surface area (Å²) in [4.78, 5) is 14.3. The molecule has 0 N–H and O–H groups in total. The fourth-order valence-electron chi connectivity index (χ4n) is 2.90. The van der Waals surface area contributed by atoms with Gasteiger partial charge in [-0.1, -0.05) is 60.7 Å². The molecule has 0 aliphatic carbocycles. The Balaban J connectivity index is 1.93. The van der Waals surface area contributed by atoms with Gasteiger partial charge in [-0.3, -0.25) is 4.79 Å². The van der Waals surface area contributed by atoms with Crippen molar-refractivity contribution in [2.24, 2.45) is 0 Å². The topological polar surface area (TPSA) is 57.7 Å². The van der Waals surface area contributed by atoms with Gasteiger partial charge in [0, 0.05) is 32.6 Å². The first kappa shape index (κ1) is 21.1. The van der Waals surface area contributed by atoms with E-state index in [0.29, 0.717) is 26.1 Å². The Kier molecular flexibility index (Phi) is 8.00. The molecule has 2 rings (SSSR count). The molecule has 0 spiro atoms. The monoisotopic (exact) mass is 388 g/mol. The van der Waals surface area contributed by atoms with E-state index in [-0.39, 0.29) is 18.9 Å². The predicted molar refractivity (Wildman–Crippen MR) is 109 cm³/mol. The molecule has 0 radical (unpaired) electrons. The van der Waals surface area contributed by atoms with E-state index in [1.807, 2.05) is 67.6 Å². The minimum Gasteiger partial charge on any atom is -0.339 e. The molecule has 146 valence electrons. The second-order valence-electron chi connectivity index (χ2n) is 6.54. The van der Waals surface area contributed by atoms with Crippen LogP contribution in [-0.4, -0.2) is 49.4 Å². The van der Waals surface area contributed by atoms with Gasteiger partial charge in [-0.05, 0) is 24.5 Å². The summed E-state index contributed by atoms with van der Waals surface area (Å²) in [5.41, 5.74) is 2.15. The lowest BCUT2D eigenvalue weighted by atomic mass is 10.1. The molecule has 0 aromatic heterocycles. The molecule has 2 aromatic carbocycles. The Bertz CT molecular complexity index is 808. The van der Waals surface area contributed by atoms with Crippen LogP contribution < -0.4 is 0 Å². The van der Waals surface area contributed by atoms with E-state index in [1.54, 1.807) is 4.90 Å². The molecular formula is C21H28N2O3S. The first-order valence-corrected chi connectivity index (χ1v) is 11.1. The lowest BCUT2D eigenvalue weighted by Gasteiger charge is -2.24. The lowest BCUT2D eigenvalue weighted by molar-refractivity contribution is -0.131.